The highest BCUT2D eigenvalue weighted by Gasteiger charge is 2.02. The van der Waals surface area contributed by atoms with Gasteiger partial charge >= 0.3 is 0 Å². The smallest absolute Gasteiger partial charge is 0.195 e. The van der Waals surface area contributed by atoms with Crippen LogP contribution in [0.1, 0.15) is 5.56 Å². The van der Waals surface area contributed by atoms with Crippen LogP contribution < -0.4 is 0 Å². The third kappa shape index (κ3) is 0.910. The molecule has 0 saturated heterocycles. The van der Waals surface area contributed by atoms with Gasteiger partial charge < -0.3 is 0 Å². The van der Waals surface area contributed by atoms with Crippen LogP contribution in [0, 0.1) is 13.5 Å². The Hall–Kier alpha value is -1.33. The van der Waals surface area contributed by atoms with Crippen molar-refractivity contribution < 1.29 is 0 Å². The van der Waals surface area contributed by atoms with Crippen LogP contribution in [0.15, 0.2) is 23.6 Å². The maximum absolute atomic E-state index is 6.96. The Labute approximate surface area is 75.1 Å². The summed E-state index contributed by atoms with van der Waals surface area (Å²) >= 11 is 1.70. The molecule has 58 valence electrons. The van der Waals surface area contributed by atoms with Gasteiger partial charge in [-0.2, -0.15) is 0 Å². The number of rotatable bonds is 0. The molecule has 0 fully saturated rings. The first kappa shape index (κ1) is 7.33. The first-order valence-electron chi connectivity index (χ1n) is 3.67. The summed E-state index contributed by atoms with van der Waals surface area (Å²) in [5.74, 6) is 0. The number of nitrogens with zero attached hydrogens (tertiary/aromatic N) is 1. The van der Waals surface area contributed by atoms with Crippen LogP contribution in [0.5, 0.6) is 0 Å². The Balaban J connectivity index is 2.94. The molecule has 0 radical (unpaired) electrons. The van der Waals surface area contributed by atoms with Crippen LogP contribution in [-0.4, -0.2) is 0 Å². The summed E-state index contributed by atoms with van der Waals surface area (Å²) in [6.07, 6.45) is 0. The van der Waals surface area contributed by atoms with Crippen LogP contribution in [0.3, 0.4) is 0 Å². The summed E-state index contributed by atoms with van der Waals surface area (Å²) in [5.41, 5.74) is 2.02. The normalized spacial score (nSPS) is 10.0. The molecule has 0 amide bonds. The molecular formula is C10H7NS. The molecule has 2 heteroatoms. The topological polar surface area (TPSA) is 4.36 Å². The highest BCUT2D eigenvalue weighted by Crippen LogP contribution is 2.32. The molecule has 0 bridgehead atoms. The van der Waals surface area contributed by atoms with E-state index in [9.17, 15) is 0 Å². The minimum Gasteiger partial charge on any atom is -0.237 e. The van der Waals surface area contributed by atoms with E-state index in [2.05, 4.69) is 11.8 Å². The third-order valence-corrected chi connectivity index (χ3v) is 2.96. The Kier molecular flexibility index (Phi) is 1.60. The molecule has 0 N–H and O–H groups in total. The van der Waals surface area contributed by atoms with Gasteiger partial charge in [0, 0.05) is 4.70 Å². The van der Waals surface area contributed by atoms with Gasteiger partial charge in [0.2, 0.25) is 0 Å². The van der Waals surface area contributed by atoms with Crippen LogP contribution in [0.4, 0.5) is 5.69 Å². The predicted octanol–water partition coefficient (Wildman–Crippen LogP) is 3.76. The Morgan fingerprint density at radius 3 is 2.92 bits per heavy atom. The molecule has 2 rings (SSSR count). The van der Waals surface area contributed by atoms with E-state index in [1.807, 2.05) is 23.6 Å². The zero-order valence-electron chi connectivity index (χ0n) is 6.66. The first-order chi connectivity index (χ1) is 5.83. The van der Waals surface area contributed by atoms with E-state index in [0.29, 0.717) is 0 Å². The van der Waals surface area contributed by atoms with Gasteiger partial charge in [-0.25, -0.2) is 4.85 Å². The van der Waals surface area contributed by atoms with Crippen molar-refractivity contribution in [2.45, 2.75) is 6.92 Å². The van der Waals surface area contributed by atoms with Gasteiger partial charge in [0.15, 0.2) is 5.69 Å². The zero-order chi connectivity index (χ0) is 8.55. The average Bonchev–Trinajstić information content (AvgIpc) is 2.54. The SMILES string of the molecule is [C-]#[N+]c1ccc(C)c2sccc12. The largest absolute Gasteiger partial charge is 0.237 e. The Bertz CT molecular complexity index is 462. The van der Waals surface area contributed by atoms with Gasteiger partial charge in [-0.05, 0) is 23.3 Å². The van der Waals surface area contributed by atoms with E-state index in [0.717, 1.165) is 11.1 Å². The van der Waals surface area contributed by atoms with E-state index in [1.165, 1.54) is 10.3 Å². The molecule has 0 aliphatic heterocycles. The second-order valence-corrected chi connectivity index (χ2v) is 3.59. The van der Waals surface area contributed by atoms with Crippen molar-refractivity contribution in [2.24, 2.45) is 0 Å². The van der Waals surface area contributed by atoms with Crippen LogP contribution in [0.2, 0.25) is 0 Å². The molecule has 1 nitrogen and oxygen atoms in total. The van der Waals surface area contributed by atoms with Crippen molar-refractivity contribution in [3.63, 3.8) is 0 Å². The summed E-state index contributed by atoms with van der Waals surface area (Å²) < 4.78 is 1.24. The van der Waals surface area contributed by atoms with E-state index in [4.69, 9.17) is 6.57 Å². The molecule has 1 aromatic heterocycles. The van der Waals surface area contributed by atoms with Gasteiger partial charge in [0.1, 0.15) is 0 Å². The van der Waals surface area contributed by atoms with Crippen molar-refractivity contribution in [1.82, 2.24) is 0 Å². The van der Waals surface area contributed by atoms with Crippen molar-refractivity contribution >= 4 is 27.1 Å². The van der Waals surface area contributed by atoms with Crippen molar-refractivity contribution in [3.05, 3.63) is 40.6 Å². The molecule has 0 spiro atoms. The molecule has 0 aliphatic carbocycles. The fraction of sp³-hybridized carbons (Fsp3) is 0.100. The standard InChI is InChI=1S/C10H7NS/c1-7-3-4-9(11-2)8-5-6-12-10(7)8/h3-6H,1H3. The quantitative estimate of drug-likeness (QED) is 0.534. The molecule has 0 saturated carbocycles. The molecule has 0 unspecified atom stereocenters. The maximum atomic E-state index is 6.96. The van der Waals surface area contributed by atoms with Crippen LogP contribution >= 0.6 is 11.3 Å². The summed E-state index contributed by atoms with van der Waals surface area (Å²) in [6, 6.07) is 5.91. The third-order valence-electron chi connectivity index (χ3n) is 1.91. The summed E-state index contributed by atoms with van der Waals surface area (Å²) in [4.78, 5) is 3.47. The van der Waals surface area contributed by atoms with Crippen molar-refractivity contribution in [3.8, 4) is 0 Å². The molecular weight excluding hydrogens is 166 g/mol. The van der Waals surface area contributed by atoms with Gasteiger partial charge in [-0.3, -0.25) is 0 Å². The number of fused-ring (bicyclic) bond motifs is 1. The summed E-state index contributed by atoms with van der Waals surface area (Å²) in [5, 5.41) is 3.13. The Morgan fingerprint density at radius 2 is 2.17 bits per heavy atom. The summed E-state index contributed by atoms with van der Waals surface area (Å²) in [6.45, 7) is 9.04. The lowest BCUT2D eigenvalue weighted by molar-refractivity contribution is 1.56. The average molecular weight is 173 g/mol. The molecule has 0 atom stereocenters. The molecule has 2 aromatic rings. The maximum Gasteiger partial charge on any atom is 0.195 e. The molecule has 1 aromatic carbocycles. The highest BCUT2D eigenvalue weighted by molar-refractivity contribution is 7.17. The van der Waals surface area contributed by atoms with Crippen LogP contribution in [0.25, 0.3) is 14.9 Å². The fourth-order valence-electron chi connectivity index (χ4n) is 1.28. The lowest BCUT2D eigenvalue weighted by Gasteiger charge is -1.96. The monoisotopic (exact) mass is 173 g/mol. The van der Waals surface area contributed by atoms with Crippen molar-refractivity contribution in [2.75, 3.05) is 0 Å². The first-order valence-corrected chi connectivity index (χ1v) is 4.55. The van der Waals surface area contributed by atoms with Crippen LogP contribution in [-0.2, 0) is 0 Å². The second-order valence-electron chi connectivity index (χ2n) is 2.68. The lowest BCUT2D eigenvalue weighted by atomic mass is 10.1. The van der Waals surface area contributed by atoms with E-state index >= 15 is 0 Å². The Morgan fingerprint density at radius 1 is 1.33 bits per heavy atom. The number of hydrogen-bond donors (Lipinski definition) is 0. The summed E-state index contributed by atoms with van der Waals surface area (Å²) in [7, 11) is 0. The highest BCUT2D eigenvalue weighted by atomic mass is 32.1. The van der Waals surface area contributed by atoms with E-state index in [-0.39, 0.29) is 0 Å². The zero-order valence-corrected chi connectivity index (χ0v) is 7.48. The molecule has 1 heterocycles. The number of thiophene rings is 1. The van der Waals surface area contributed by atoms with Gasteiger partial charge in [-0.1, -0.05) is 18.2 Å². The van der Waals surface area contributed by atoms with Gasteiger partial charge in [0.05, 0.1) is 6.57 Å². The number of benzene rings is 1. The van der Waals surface area contributed by atoms with Gasteiger partial charge in [0.25, 0.3) is 0 Å². The molecule has 0 aliphatic rings. The van der Waals surface area contributed by atoms with Gasteiger partial charge in [-0.15, -0.1) is 11.3 Å². The number of aryl methyl sites for hydroxylation is 1. The second kappa shape index (κ2) is 2.62. The minimum absolute atomic E-state index is 0.761. The molecule has 12 heavy (non-hydrogen) atoms. The van der Waals surface area contributed by atoms with E-state index in [1.54, 1.807) is 11.3 Å². The predicted molar refractivity (Wildman–Crippen MR) is 52.8 cm³/mol. The van der Waals surface area contributed by atoms with E-state index < -0.39 is 0 Å². The fourth-order valence-corrected chi connectivity index (χ4v) is 2.18. The minimum atomic E-state index is 0.761. The number of hydrogen-bond acceptors (Lipinski definition) is 1. The lowest BCUT2D eigenvalue weighted by Crippen LogP contribution is -1.70. The van der Waals surface area contributed by atoms with Crippen molar-refractivity contribution in [1.29, 1.82) is 0 Å².